The molecule has 0 amide bonds. The van der Waals surface area contributed by atoms with E-state index in [0.717, 1.165) is 45.9 Å². The Labute approximate surface area is 269 Å². The predicted octanol–water partition coefficient (Wildman–Crippen LogP) is 11.7. The van der Waals surface area contributed by atoms with Crippen LogP contribution in [0.2, 0.25) is 0 Å². The van der Waals surface area contributed by atoms with E-state index >= 15 is 0 Å². The Hall–Kier alpha value is -7.24. The average Bonchev–Trinajstić information content (AvgIpc) is 3.14. The normalized spacial score (nSPS) is 12.2. The Morgan fingerprint density at radius 3 is 1.49 bits per heavy atom. The van der Waals surface area contributed by atoms with Crippen molar-refractivity contribution < 1.29 is 0 Å². The van der Waals surface area contributed by atoms with Crippen LogP contribution in [0, 0.1) is 17.8 Å². The summed E-state index contributed by atoms with van der Waals surface area (Å²) in [7, 11) is 0. The number of fused-ring (bicyclic) bond motifs is 5. The van der Waals surface area contributed by atoms with Crippen LogP contribution in [0.4, 0.5) is 28.4 Å². The Balaban J connectivity index is 0.00000351. The van der Waals surface area contributed by atoms with Gasteiger partial charge in [0.15, 0.2) is 0 Å². The van der Waals surface area contributed by atoms with Crippen LogP contribution < -0.4 is 9.80 Å². The van der Waals surface area contributed by atoms with E-state index in [-0.39, 0.29) is 0 Å². The molecule has 0 aliphatic heterocycles. The third-order valence-corrected chi connectivity index (χ3v) is 8.73. The van der Waals surface area contributed by atoms with Crippen molar-refractivity contribution in [2.24, 2.45) is 0 Å². The van der Waals surface area contributed by atoms with Gasteiger partial charge in [-0.2, -0.15) is 11.3 Å². The van der Waals surface area contributed by atoms with Gasteiger partial charge < -0.3 is 9.80 Å². The predicted molar refractivity (Wildman–Crippen MR) is 193 cm³/mol. The van der Waals surface area contributed by atoms with Crippen LogP contribution in [0.5, 0.6) is 0 Å². The van der Waals surface area contributed by atoms with Crippen molar-refractivity contribution in [3.05, 3.63) is 182 Å². The molecule has 7 aromatic carbocycles. The van der Waals surface area contributed by atoms with Crippen LogP contribution in [0.25, 0.3) is 32.3 Å². The molecule has 0 spiro atoms. The Kier molecular flexibility index (Phi) is 7.31. The summed E-state index contributed by atoms with van der Waals surface area (Å²) in [6.07, 6.45) is 9.73. The molecule has 0 saturated carbocycles. The van der Waals surface area contributed by atoms with Gasteiger partial charge in [-0.15, -0.1) is 0 Å². The van der Waals surface area contributed by atoms with Gasteiger partial charge in [0.25, 0.3) is 0 Å². The number of benzene rings is 7. The third-order valence-electron chi connectivity index (χ3n) is 8.73. The summed E-state index contributed by atoms with van der Waals surface area (Å²) in [6, 6.07) is 53.4. The largest absolute Gasteiger partial charge is 0.327 e. The van der Waals surface area contributed by atoms with Gasteiger partial charge in [-0.3, -0.25) is 0 Å². The molecule has 0 saturated heterocycles. The monoisotopic (exact) mass is 831 g/mol. The molecule has 3 nitrogen and oxygen atoms in total. The van der Waals surface area contributed by atoms with Crippen molar-refractivity contribution in [2.45, 2.75) is 6.42 Å². The van der Waals surface area contributed by atoms with Crippen LogP contribution in [0.15, 0.2) is 170 Å². The number of nitriles is 1. The zero-order chi connectivity index (χ0) is 30.9. The van der Waals surface area contributed by atoms with Crippen LogP contribution in [0.1, 0.15) is 12.0 Å². The first kappa shape index (κ1) is 28.5. The molecule has 0 aromatic heterocycles. The second kappa shape index (κ2) is 12.0. The topological polar surface area (TPSA) is 30.3 Å². The first-order chi connectivity index (χ1) is 22.8. The fourth-order valence-electron chi connectivity index (χ4n) is 6.64. The average molecular weight is 836 g/mol. The van der Waals surface area contributed by atoms with E-state index in [9.17, 15) is 5.26 Å². The molecule has 47 heavy (non-hydrogen) atoms. The molecule has 0 unspecified atom stereocenters. The molecule has 0 N–H and O–H groups in total. The van der Waals surface area contributed by atoms with Gasteiger partial charge in [0.2, 0.25) is 0 Å². The van der Waals surface area contributed by atoms with Crippen LogP contribution in [-0.4, -0.2) is 0 Å². The summed E-state index contributed by atoms with van der Waals surface area (Å²) in [5.74, 6) is 0. The van der Waals surface area contributed by atoms with Crippen molar-refractivity contribution >= 4 is 60.8 Å². The van der Waals surface area contributed by atoms with Crippen molar-refractivity contribution in [1.29, 1.82) is 5.26 Å². The SMILES string of the molecule is N#Cc1ccc(N(c2ccccc2)c2cc3c4ccccc4c(N(C4=CC[CH-]C=C4)c4ccccc4)cc3c3ccccc23)cc1.[Cm]. The van der Waals surface area contributed by atoms with Crippen molar-refractivity contribution in [3.63, 3.8) is 0 Å². The zero-order valence-corrected chi connectivity index (χ0v) is 28.5. The molecule has 8 rings (SSSR count). The molecule has 0 atom stereocenters. The number of hydrogen-bond acceptors (Lipinski definition) is 3. The minimum absolute atomic E-state index is 0. The fraction of sp³-hybridized carbons (Fsp3) is 0.0233. The molecule has 0 fully saturated rings. The summed E-state index contributed by atoms with van der Waals surface area (Å²) in [6.45, 7) is 0. The number of rotatable bonds is 6. The molecule has 0 bridgehead atoms. The molecule has 0 heterocycles. The van der Waals surface area contributed by atoms with Crippen molar-refractivity contribution in [2.75, 3.05) is 9.80 Å². The first-order valence-electron chi connectivity index (χ1n) is 15.6. The standard InChI is InChI=1S/C43H30N3.Cm/c44-30-31-24-26-35(27-25-31)46(34-18-8-3-9-19-34)43-29-41-36-20-10-12-22-38(36)42(28-40(41)37-21-11-13-23-39(37)43)45(32-14-4-1-5-15-32)33-16-6-2-7-17-33;/h1-6,8-29H,7H2;/q-1;. The van der Waals surface area contributed by atoms with E-state index in [2.05, 4.69) is 156 Å². The number of para-hydroxylation sites is 2. The third kappa shape index (κ3) is 4.96. The van der Waals surface area contributed by atoms with E-state index in [1.54, 1.807) is 0 Å². The minimum atomic E-state index is 0. The summed E-state index contributed by atoms with van der Waals surface area (Å²) in [4.78, 5) is 4.69. The van der Waals surface area contributed by atoms with Crippen molar-refractivity contribution in [3.8, 4) is 6.07 Å². The minimum Gasteiger partial charge on any atom is -0.327 e. The molecule has 226 valence electrons. The van der Waals surface area contributed by atoms with E-state index in [1.807, 2.05) is 30.3 Å². The molecule has 0 radical (unpaired) electrons. The molecular formula is C43H30CmN3-. The Bertz CT molecular complexity index is 2320. The molecule has 1 aliphatic carbocycles. The summed E-state index contributed by atoms with van der Waals surface area (Å²) >= 11 is 0. The summed E-state index contributed by atoms with van der Waals surface area (Å²) < 4.78 is 0. The van der Waals surface area contributed by atoms with Crippen LogP contribution >= 0.6 is 0 Å². The zero-order valence-electron chi connectivity index (χ0n) is 25.6. The van der Waals surface area contributed by atoms with E-state index in [0.29, 0.717) is 5.56 Å². The molecule has 7 aromatic rings. The fourth-order valence-corrected chi connectivity index (χ4v) is 6.64. The molecule has 1 aliphatic rings. The summed E-state index contributed by atoms with van der Waals surface area (Å²) in [5, 5.41) is 16.6. The quantitative estimate of drug-likeness (QED) is 0.123. The smallest absolute Gasteiger partial charge is 0.0991 e. The van der Waals surface area contributed by atoms with Gasteiger partial charge >= 0.3 is 0 Å². The Morgan fingerprint density at radius 1 is 0.511 bits per heavy atom. The maximum absolute atomic E-state index is 9.50. The van der Waals surface area contributed by atoms with Gasteiger partial charge in [0.1, 0.15) is 0 Å². The van der Waals surface area contributed by atoms with E-state index in [4.69, 9.17) is 0 Å². The van der Waals surface area contributed by atoms with Crippen molar-refractivity contribution in [1.82, 2.24) is 0 Å². The van der Waals surface area contributed by atoms with Gasteiger partial charge in [-0.1, -0.05) is 97.4 Å². The van der Waals surface area contributed by atoms with Gasteiger partial charge in [-0.25, -0.2) is 12.5 Å². The number of hydrogen-bond donors (Lipinski definition) is 0. The van der Waals surface area contributed by atoms with E-state index < -0.39 is 0 Å². The number of anilines is 5. The maximum Gasteiger partial charge on any atom is 0.0991 e. The van der Waals surface area contributed by atoms with Crippen LogP contribution in [-0.2, 0) is 0 Å². The number of allylic oxidation sites excluding steroid dienone is 3. The van der Waals surface area contributed by atoms with Crippen LogP contribution in [0.3, 0.4) is 0 Å². The number of nitrogens with zero attached hydrogens (tertiary/aromatic N) is 3. The summed E-state index contributed by atoms with van der Waals surface area (Å²) in [5.41, 5.74) is 7.22. The second-order valence-electron chi connectivity index (χ2n) is 11.4. The van der Waals surface area contributed by atoms with Gasteiger partial charge in [0.05, 0.1) is 23.0 Å². The first-order valence-corrected chi connectivity index (χ1v) is 15.6. The molecule has 4 heteroatoms. The molecular weight excluding hydrogens is 805 g/mol. The van der Waals surface area contributed by atoms with E-state index in [1.165, 1.54) is 26.9 Å². The van der Waals surface area contributed by atoms with Gasteiger partial charge in [-0.05, 0) is 87.9 Å². The van der Waals surface area contributed by atoms with Gasteiger partial charge in [0, 0.05) is 27.8 Å². The second-order valence-corrected chi connectivity index (χ2v) is 11.4. The maximum atomic E-state index is 9.50. The Morgan fingerprint density at radius 2 is 0.979 bits per heavy atom.